The number of aliphatic imine (C=N–C) groups is 2. The fourth-order valence-corrected chi connectivity index (χ4v) is 3.00. The van der Waals surface area contributed by atoms with Gasteiger partial charge in [0, 0.05) is 23.6 Å². The molecule has 3 atom stereocenters. The first-order valence-electron chi connectivity index (χ1n) is 10.5. The largest absolute Gasteiger partial charge is 0.507 e. The molecule has 0 bridgehead atoms. The van der Waals surface area contributed by atoms with Crippen LogP contribution in [0.3, 0.4) is 0 Å². The zero-order valence-electron chi connectivity index (χ0n) is 18.3. The predicted molar refractivity (Wildman–Crippen MR) is 123 cm³/mol. The molecule has 0 aliphatic carbocycles. The molecule has 2 rings (SSSR count). The number of hydrogen-bond donors (Lipinski definition) is 2. The molecule has 0 saturated heterocycles. The third-order valence-electron chi connectivity index (χ3n) is 5.53. The number of aromatic hydroxyl groups is 2. The van der Waals surface area contributed by atoms with Crippen molar-refractivity contribution in [1.29, 1.82) is 0 Å². The fourth-order valence-electron chi connectivity index (χ4n) is 3.00. The van der Waals surface area contributed by atoms with Gasteiger partial charge in [-0.2, -0.15) is 0 Å². The van der Waals surface area contributed by atoms with Gasteiger partial charge in [0.05, 0.1) is 12.6 Å². The van der Waals surface area contributed by atoms with Gasteiger partial charge >= 0.3 is 0 Å². The van der Waals surface area contributed by atoms with Crippen molar-refractivity contribution in [3.05, 3.63) is 58.7 Å². The molecule has 156 valence electrons. The molecule has 0 heterocycles. The quantitative estimate of drug-likeness (QED) is 0.508. The fraction of sp³-hybridized carbons (Fsp3) is 0.440. The molecule has 0 spiro atoms. The summed E-state index contributed by atoms with van der Waals surface area (Å²) in [7, 11) is 0. The molecular formula is C25H34N2O2. The number of rotatable bonds is 9. The average molecular weight is 395 g/mol. The van der Waals surface area contributed by atoms with E-state index in [4.69, 9.17) is 0 Å². The van der Waals surface area contributed by atoms with Crippen molar-refractivity contribution in [2.45, 2.75) is 65.3 Å². The number of hydrogen-bond acceptors (Lipinski definition) is 4. The first-order valence-corrected chi connectivity index (χ1v) is 10.5. The molecule has 4 heteroatoms. The summed E-state index contributed by atoms with van der Waals surface area (Å²) in [6, 6.07) is 11.4. The van der Waals surface area contributed by atoms with Gasteiger partial charge in [0.1, 0.15) is 11.5 Å². The molecule has 2 aromatic rings. The van der Waals surface area contributed by atoms with Gasteiger partial charge in [0.15, 0.2) is 0 Å². The van der Waals surface area contributed by atoms with E-state index in [2.05, 4.69) is 37.7 Å². The lowest BCUT2D eigenvalue weighted by Crippen LogP contribution is -2.04. The minimum Gasteiger partial charge on any atom is -0.507 e. The second-order valence-electron chi connectivity index (χ2n) is 7.88. The summed E-state index contributed by atoms with van der Waals surface area (Å²) in [5.41, 5.74) is 3.87. The van der Waals surface area contributed by atoms with Gasteiger partial charge in [-0.15, -0.1) is 0 Å². The van der Waals surface area contributed by atoms with Crippen LogP contribution in [-0.4, -0.2) is 35.2 Å². The summed E-state index contributed by atoms with van der Waals surface area (Å²) >= 11 is 0. The minimum atomic E-state index is -0.0298. The second kappa shape index (κ2) is 10.8. The molecular weight excluding hydrogens is 360 g/mol. The van der Waals surface area contributed by atoms with Crippen LogP contribution in [0.2, 0.25) is 0 Å². The van der Waals surface area contributed by atoms with Crippen LogP contribution in [0.15, 0.2) is 46.4 Å². The standard InChI is InChI=1S/C25H34N2O2/c1-6-17(3)20-8-10-24(28)22(12-20)15-26-14-19(5)27-16-23-13-21(18(4)7-2)9-11-25(23)29/h8-13,15-19,28-29H,6-7,14H2,1-5H3/t17?,18?,19-/m0/s1. The van der Waals surface area contributed by atoms with E-state index in [1.54, 1.807) is 24.6 Å². The molecule has 4 nitrogen and oxygen atoms in total. The van der Waals surface area contributed by atoms with Crippen LogP contribution in [0, 0.1) is 0 Å². The van der Waals surface area contributed by atoms with Crippen LogP contribution < -0.4 is 0 Å². The zero-order chi connectivity index (χ0) is 21.4. The van der Waals surface area contributed by atoms with Crippen LogP contribution in [0.5, 0.6) is 11.5 Å². The van der Waals surface area contributed by atoms with Crippen molar-refractivity contribution >= 4 is 12.4 Å². The summed E-state index contributed by atoms with van der Waals surface area (Å²) < 4.78 is 0. The highest BCUT2D eigenvalue weighted by Gasteiger charge is 2.08. The van der Waals surface area contributed by atoms with Crippen LogP contribution in [0.4, 0.5) is 0 Å². The second-order valence-corrected chi connectivity index (χ2v) is 7.88. The number of benzene rings is 2. The number of nitrogens with zero attached hydrogens (tertiary/aromatic N) is 2. The molecule has 0 radical (unpaired) electrons. The summed E-state index contributed by atoms with van der Waals surface area (Å²) in [5.74, 6) is 1.38. The molecule has 2 aromatic carbocycles. The molecule has 2 unspecified atom stereocenters. The summed E-state index contributed by atoms with van der Waals surface area (Å²) in [6.07, 6.45) is 5.55. The van der Waals surface area contributed by atoms with Crippen molar-refractivity contribution < 1.29 is 10.2 Å². The Bertz CT molecular complexity index is 858. The monoisotopic (exact) mass is 394 g/mol. The molecule has 0 saturated carbocycles. The predicted octanol–water partition coefficient (Wildman–Crippen LogP) is 6.05. The Kier molecular flexibility index (Phi) is 8.44. The molecule has 0 aliphatic rings. The molecule has 0 amide bonds. The number of phenols is 2. The Morgan fingerprint density at radius 3 is 1.76 bits per heavy atom. The third kappa shape index (κ3) is 6.45. The summed E-state index contributed by atoms with van der Waals surface area (Å²) in [5, 5.41) is 20.2. The highest BCUT2D eigenvalue weighted by Crippen LogP contribution is 2.25. The SMILES string of the molecule is CCC(C)c1ccc(O)c(C=NC[C@H](C)N=Cc2cc(C(C)CC)ccc2O)c1. The summed E-state index contributed by atoms with van der Waals surface area (Å²) in [4.78, 5) is 8.99. The van der Waals surface area contributed by atoms with Gasteiger partial charge < -0.3 is 10.2 Å². The first kappa shape index (κ1) is 22.7. The van der Waals surface area contributed by atoms with Gasteiger partial charge in [-0.3, -0.25) is 9.98 Å². The van der Waals surface area contributed by atoms with Crippen molar-refractivity contribution in [1.82, 2.24) is 0 Å². The zero-order valence-corrected chi connectivity index (χ0v) is 18.3. The highest BCUT2D eigenvalue weighted by atomic mass is 16.3. The Hall–Kier alpha value is -2.62. The van der Waals surface area contributed by atoms with Crippen LogP contribution in [0.1, 0.15) is 81.5 Å². The topological polar surface area (TPSA) is 65.2 Å². The maximum atomic E-state index is 10.1. The van der Waals surface area contributed by atoms with E-state index in [0.29, 0.717) is 18.4 Å². The lowest BCUT2D eigenvalue weighted by molar-refractivity contribution is 0.473. The van der Waals surface area contributed by atoms with E-state index in [9.17, 15) is 10.2 Å². The Morgan fingerprint density at radius 2 is 1.28 bits per heavy atom. The van der Waals surface area contributed by atoms with E-state index in [-0.39, 0.29) is 17.5 Å². The van der Waals surface area contributed by atoms with Crippen LogP contribution in [-0.2, 0) is 0 Å². The van der Waals surface area contributed by atoms with Crippen molar-refractivity contribution in [2.75, 3.05) is 6.54 Å². The maximum absolute atomic E-state index is 10.1. The van der Waals surface area contributed by atoms with Gasteiger partial charge in [0.2, 0.25) is 0 Å². The molecule has 0 fully saturated rings. The van der Waals surface area contributed by atoms with Crippen molar-refractivity contribution in [3.8, 4) is 11.5 Å². The molecule has 2 N–H and O–H groups in total. The highest BCUT2D eigenvalue weighted by molar-refractivity contribution is 5.84. The van der Waals surface area contributed by atoms with Crippen LogP contribution >= 0.6 is 0 Å². The van der Waals surface area contributed by atoms with Crippen molar-refractivity contribution in [2.24, 2.45) is 9.98 Å². The van der Waals surface area contributed by atoms with E-state index in [1.165, 1.54) is 11.1 Å². The van der Waals surface area contributed by atoms with E-state index >= 15 is 0 Å². The third-order valence-corrected chi connectivity index (χ3v) is 5.53. The van der Waals surface area contributed by atoms with E-state index in [1.807, 2.05) is 31.2 Å². The van der Waals surface area contributed by atoms with Gasteiger partial charge in [-0.1, -0.05) is 39.8 Å². The molecule has 0 aromatic heterocycles. The van der Waals surface area contributed by atoms with Gasteiger partial charge in [-0.05, 0) is 67.0 Å². The van der Waals surface area contributed by atoms with Gasteiger partial charge in [0.25, 0.3) is 0 Å². The lowest BCUT2D eigenvalue weighted by Gasteiger charge is -2.11. The lowest BCUT2D eigenvalue weighted by atomic mass is 9.97. The normalized spacial score (nSPS) is 15.1. The number of phenolic OH excluding ortho intramolecular Hbond substituents is 2. The molecule has 0 aliphatic heterocycles. The average Bonchev–Trinajstić information content (AvgIpc) is 2.73. The van der Waals surface area contributed by atoms with Crippen molar-refractivity contribution in [3.63, 3.8) is 0 Å². The van der Waals surface area contributed by atoms with E-state index in [0.717, 1.165) is 24.0 Å². The molecule has 29 heavy (non-hydrogen) atoms. The summed E-state index contributed by atoms with van der Waals surface area (Å²) in [6.45, 7) is 11.2. The first-order chi connectivity index (χ1) is 13.8. The Balaban J connectivity index is 2.04. The minimum absolute atomic E-state index is 0.0298. The smallest absolute Gasteiger partial charge is 0.124 e. The Morgan fingerprint density at radius 1 is 0.793 bits per heavy atom. The van der Waals surface area contributed by atoms with Crippen LogP contribution in [0.25, 0.3) is 0 Å². The van der Waals surface area contributed by atoms with E-state index < -0.39 is 0 Å². The van der Waals surface area contributed by atoms with Gasteiger partial charge in [-0.25, -0.2) is 0 Å². The Labute approximate surface area is 175 Å². The maximum Gasteiger partial charge on any atom is 0.124 e.